The lowest BCUT2D eigenvalue weighted by atomic mass is 10.1. The number of benzene rings is 1. The second-order valence-electron chi connectivity index (χ2n) is 5.81. The molecule has 0 spiro atoms. The van der Waals surface area contributed by atoms with Gasteiger partial charge in [0, 0.05) is 29.7 Å². The zero-order valence-electron chi connectivity index (χ0n) is 13.5. The molecular weight excluding hydrogens is 322 g/mol. The molecule has 4 rings (SSSR count). The lowest BCUT2D eigenvalue weighted by molar-refractivity contribution is 0.102. The summed E-state index contributed by atoms with van der Waals surface area (Å²) in [6.45, 7) is 4.64. The Balaban J connectivity index is 1.51. The fourth-order valence-corrected chi connectivity index (χ4v) is 3.77. The van der Waals surface area contributed by atoms with Crippen LogP contribution in [0.25, 0.3) is 11.3 Å². The predicted molar refractivity (Wildman–Crippen MR) is 94.5 cm³/mol. The fourth-order valence-electron chi connectivity index (χ4n) is 2.83. The summed E-state index contributed by atoms with van der Waals surface area (Å²) in [7, 11) is 0. The number of hydrogen-bond acceptors (Lipinski definition) is 4. The second-order valence-corrected chi connectivity index (χ2v) is 6.87. The lowest BCUT2D eigenvalue weighted by Crippen LogP contribution is -2.11. The average molecular weight is 339 g/mol. The summed E-state index contributed by atoms with van der Waals surface area (Å²) in [5, 5.41) is 3.98. The maximum Gasteiger partial charge on any atom is 0.259 e. The summed E-state index contributed by atoms with van der Waals surface area (Å²) in [6.07, 6.45) is 2.08. The van der Waals surface area contributed by atoms with E-state index in [4.69, 9.17) is 4.42 Å². The Kier molecular flexibility index (Phi) is 3.69. The quantitative estimate of drug-likeness (QED) is 0.780. The molecule has 1 N–H and O–H groups in total. The topological polar surface area (TPSA) is 60.1 Å². The average Bonchev–Trinajstić information content (AvgIpc) is 3.22. The molecule has 0 unspecified atom stereocenters. The van der Waals surface area contributed by atoms with E-state index < -0.39 is 0 Å². The lowest BCUT2D eigenvalue weighted by Gasteiger charge is -2.05. The third kappa shape index (κ3) is 2.73. The van der Waals surface area contributed by atoms with Gasteiger partial charge in [0.25, 0.3) is 5.91 Å². The largest absolute Gasteiger partial charge is 0.466 e. The van der Waals surface area contributed by atoms with E-state index in [1.165, 1.54) is 0 Å². The molecule has 1 aliphatic rings. The van der Waals surface area contributed by atoms with E-state index in [1.54, 1.807) is 24.8 Å². The maximum atomic E-state index is 12.3. The van der Waals surface area contributed by atoms with Crippen molar-refractivity contribution in [2.75, 3.05) is 11.1 Å². The van der Waals surface area contributed by atoms with E-state index in [0.717, 1.165) is 40.2 Å². The summed E-state index contributed by atoms with van der Waals surface area (Å²) in [5.74, 6) is 2.31. The number of aromatic nitrogens is 2. The van der Waals surface area contributed by atoms with Crippen LogP contribution in [0.3, 0.4) is 0 Å². The van der Waals surface area contributed by atoms with E-state index in [2.05, 4.69) is 21.1 Å². The molecule has 122 valence electrons. The van der Waals surface area contributed by atoms with Gasteiger partial charge in [-0.15, -0.1) is 0 Å². The predicted octanol–water partition coefficient (Wildman–Crippen LogP) is 4.12. The molecule has 0 aliphatic carbocycles. The number of furan rings is 1. The van der Waals surface area contributed by atoms with Gasteiger partial charge in [0.2, 0.25) is 0 Å². The second kappa shape index (κ2) is 5.87. The van der Waals surface area contributed by atoms with E-state index in [-0.39, 0.29) is 5.91 Å². The minimum Gasteiger partial charge on any atom is -0.466 e. The van der Waals surface area contributed by atoms with Gasteiger partial charge in [-0.2, -0.15) is 0 Å². The van der Waals surface area contributed by atoms with Crippen molar-refractivity contribution in [2.45, 2.75) is 25.5 Å². The molecule has 2 aromatic heterocycles. The Labute approximate surface area is 144 Å². The molecule has 1 aromatic carbocycles. The Morgan fingerprint density at radius 1 is 1.29 bits per heavy atom. The van der Waals surface area contributed by atoms with Gasteiger partial charge in [-0.05, 0) is 32.0 Å². The van der Waals surface area contributed by atoms with Crippen LogP contribution in [-0.4, -0.2) is 21.2 Å². The van der Waals surface area contributed by atoms with Crippen molar-refractivity contribution in [3.05, 3.63) is 53.6 Å². The van der Waals surface area contributed by atoms with E-state index in [9.17, 15) is 4.79 Å². The standard InChI is InChI=1S/C18H17N3O2S/c1-11-9-15(12(2)23-11)17(22)19-14-5-3-13(4-6-14)16-10-21-7-8-24-18(21)20-16/h3-6,9-10H,7-8H2,1-2H3,(H,19,22). The van der Waals surface area contributed by atoms with Crippen molar-refractivity contribution in [3.63, 3.8) is 0 Å². The van der Waals surface area contributed by atoms with Crippen molar-refractivity contribution >= 4 is 23.4 Å². The van der Waals surface area contributed by atoms with Crippen LogP contribution in [-0.2, 0) is 6.54 Å². The van der Waals surface area contributed by atoms with Gasteiger partial charge in [-0.3, -0.25) is 4.79 Å². The number of hydrogen-bond donors (Lipinski definition) is 1. The molecule has 3 heterocycles. The molecule has 0 atom stereocenters. The minimum absolute atomic E-state index is 0.158. The van der Waals surface area contributed by atoms with E-state index in [0.29, 0.717) is 11.3 Å². The zero-order chi connectivity index (χ0) is 16.7. The molecule has 6 heteroatoms. The Bertz CT molecular complexity index is 887. The molecule has 0 saturated heterocycles. The van der Waals surface area contributed by atoms with Crippen LogP contribution >= 0.6 is 11.8 Å². The highest BCUT2D eigenvalue weighted by molar-refractivity contribution is 7.99. The molecule has 1 amide bonds. The van der Waals surface area contributed by atoms with Crippen molar-refractivity contribution in [1.29, 1.82) is 0 Å². The molecule has 3 aromatic rings. The van der Waals surface area contributed by atoms with Crippen LogP contribution in [0.5, 0.6) is 0 Å². The van der Waals surface area contributed by atoms with Crippen LogP contribution in [0.15, 0.2) is 46.1 Å². The molecule has 24 heavy (non-hydrogen) atoms. The first-order chi connectivity index (χ1) is 11.6. The minimum atomic E-state index is -0.158. The Morgan fingerprint density at radius 2 is 2.08 bits per heavy atom. The highest BCUT2D eigenvalue weighted by Crippen LogP contribution is 2.29. The number of nitrogens with one attached hydrogen (secondary N) is 1. The third-order valence-electron chi connectivity index (χ3n) is 4.03. The summed E-state index contributed by atoms with van der Waals surface area (Å²) in [5.41, 5.74) is 3.34. The SMILES string of the molecule is Cc1cc(C(=O)Nc2ccc(-c3cn4c(n3)SCC4)cc2)c(C)o1. The number of anilines is 1. The first-order valence-corrected chi connectivity index (χ1v) is 8.77. The van der Waals surface area contributed by atoms with Gasteiger partial charge in [0.05, 0.1) is 11.3 Å². The van der Waals surface area contributed by atoms with Crippen LogP contribution in [0.2, 0.25) is 0 Å². The summed E-state index contributed by atoms with van der Waals surface area (Å²) < 4.78 is 7.59. The monoisotopic (exact) mass is 339 g/mol. The number of thioether (sulfide) groups is 1. The molecule has 1 aliphatic heterocycles. The van der Waals surface area contributed by atoms with Gasteiger partial charge >= 0.3 is 0 Å². The van der Waals surface area contributed by atoms with Crippen molar-refractivity contribution in [2.24, 2.45) is 0 Å². The van der Waals surface area contributed by atoms with Gasteiger partial charge in [-0.25, -0.2) is 4.98 Å². The van der Waals surface area contributed by atoms with Gasteiger partial charge < -0.3 is 14.3 Å². The molecule has 5 nitrogen and oxygen atoms in total. The number of fused-ring (bicyclic) bond motifs is 1. The highest BCUT2D eigenvalue weighted by Gasteiger charge is 2.16. The maximum absolute atomic E-state index is 12.3. The molecule has 0 bridgehead atoms. The van der Waals surface area contributed by atoms with Crippen LogP contribution in [0.4, 0.5) is 5.69 Å². The third-order valence-corrected chi connectivity index (χ3v) is 5.00. The summed E-state index contributed by atoms with van der Waals surface area (Å²) in [4.78, 5) is 16.9. The molecule has 0 radical (unpaired) electrons. The van der Waals surface area contributed by atoms with Crippen molar-refractivity contribution in [3.8, 4) is 11.3 Å². The summed E-state index contributed by atoms with van der Waals surface area (Å²) in [6, 6.07) is 9.50. The smallest absolute Gasteiger partial charge is 0.259 e. The Hall–Kier alpha value is -2.47. The molecular formula is C18H17N3O2S. The van der Waals surface area contributed by atoms with Gasteiger partial charge in [0.15, 0.2) is 5.16 Å². The number of carbonyl (C=O) groups excluding carboxylic acids is 1. The first kappa shape index (κ1) is 15.1. The van der Waals surface area contributed by atoms with Crippen LogP contribution < -0.4 is 5.32 Å². The number of carbonyl (C=O) groups is 1. The number of nitrogens with zero attached hydrogens (tertiary/aromatic N) is 2. The van der Waals surface area contributed by atoms with E-state index >= 15 is 0 Å². The van der Waals surface area contributed by atoms with Gasteiger partial charge in [-0.1, -0.05) is 23.9 Å². The van der Waals surface area contributed by atoms with Crippen molar-refractivity contribution in [1.82, 2.24) is 9.55 Å². The van der Waals surface area contributed by atoms with E-state index in [1.807, 2.05) is 31.2 Å². The summed E-state index contributed by atoms with van der Waals surface area (Å²) >= 11 is 1.78. The fraction of sp³-hybridized carbons (Fsp3) is 0.222. The first-order valence-electron chi connectivity index (χ1n) is 7.79. The zero-order valence-corrected chi connectivity index (χ0v) is 14.3. The number of imidazole rings is 1. The normalized spacial score (nSPS) is 13.1. The highest BCUT2D eigenvalue weighted by atomic mass is 32.2. The Morgan fingerprint density at radius 3 is 2.75 bits per heavy atom. The van der Waals surface area contributed by atoms with Crippen LogP contribution in [0, 0.1) is 13.8 Å². The molecule has 0 saturated carbocycles. The number of rotatable bonds is 3. The number of amides is 1. The number of aryl methyl sites for hydroxylation is 3. The van der Waals surface area contributed by atoms with Crippen molar-refractivity contribution < 1.29 is 9.21 Å². The van der Waals surface area contributed by atoms with Gasteiger partial charge in [0.1, 0.15) is 11.5 Å². The van der Waals surface area contributed by atoms with Crippen LogP contribution in [0.1, 0.15) is 21.9 Å². The molecule has 0 fully saturated rings.